The highest BCUT2D eigenvalue weighted by atomic mass is 16.5. The molecule has 4 aromatic rings. The van der Waals surface area contributed by atoms with Gasteiger partial charge in [-0.15, -0.1) is 0 Å². The van der Waals surface area contributed by atoms with Gasteiger partial charge in [0.15, 0.2) is 11.6 Å². The van der Waals surface area contributed by atoms with Crippen LogP contribution in [0.5, 0.6) is 5.88 Å². The van der Waals surface area contributed by atoms with E-state index in [1.54, 1.807) is 0 Å². The van der Waals surface area contributed by atoms with Crippen LogP contribution in [0.25, 0.3) is 27.5 Å². The molecule has 0 bridgehead atoms. The number of H-pyrrole nitrogens is 1. The van der Waals surface area contributed by atoms with E-state index in [0.29, 0.717) is 17.2 Å². The van der Waals surface area contributed by atoms with Crippen molar-refractivity contribution >= 4 is 27.5 Å². The highest BCUT2D eigenvalue weighted by molar-refractivity contribution is 5.84. The summed E-state index contributed by atoms with van der Waals surface area (Å²) in [4.78, 5) is 15.6. The van der Waals surface area contributed by atoms with Crippen molar-refractivity contribution in [2.24, 2.45) is 0 Å². The predicted molar refractivity (Wildman–Crippen MR) is 96.3 cm³/mol. The zero-order chi connectivity index (χ0) is 17.9. The lowest BCUT2D eigenvalue weighted by Gasteiger charge is -2.08. The van der Waals surface area contributed by atoms with Gasteiger partial charge in [-0.1, -0.05) is 24.3 Å². The summed E-state index contributed by atoms with van der Waals surface area (Å²) in [5.74, 6) is 0.403. The minimum atomic E-state index is -0.228. The Labute approximate surface area is 148 Å². The second-order valence-corrected chi connectivity index (χ2v) is 5.52. The highest BCUT2D eigenvalue weighted by Crippen LogP contribution is 2.22. The van der Waals surface area contributed by atoms with Crippen LogP contribution in [0.4, 0.5) is 0 Å². The molecule has 0 aliphatic rings. The number of nitriles is 1. The van der Waals surface area contributed by atoms with Gasteiger partial charge in [-0.3, -0.25) is 0 Å². The number of ether oxygens (including phenoxy) is 1. The van der Waals surface area contributed by atoms with Crippen LogP contribution in [0.15, 0.2) is 60.6 Å². The number of hydrogen-bond acceptors (Lipinski definition) is 6. The molecule has 7 heteroatoms. The number of aromatic nitrogens is 4. The van der Waals surface area contributed by atoms with Crippen LogP contribution >= 0.6 is 0 Å². The molecule has 0 unspecified atom stereocenters. The van der Waals surface area contributed by atoms with Crippen LogP contribution in [0, 0.1) is 11.3 Å². The molecule has 0 spiro atoms. The van der Waals surface area contributed by atoms with Crippen LogP contribution < -0.4 is 4.74 Å². The Morgan fingerprint density at radius 3 is 2.65 bits per heavy atom. The Hall–Kier alpha value is -3.92. The van der Waals surface area contributed by atoms with Gasteiger partial charge in [-0.25, -0.2) is 15.0 Å². The van der Waals surface area contributed by atoms with Gasteiger partial charge in [0.05, 0.1) is 21.9 Å². The zero-order valence-electron chi connectivity index (χ0n) is 13.5. The number of fused-ring (bicyclic) bond motifs is 2. The van der Waals surface area contributed by atoms with Crippen molar-refractivity contribution in [2.75, 3.05) is 6.61 Å². The van der Waals surface area contributed by atoms with E-state index in [1.807, 2.05) is 54.6 Å². The molecule has 126 valence electrons. The highest BCUT2D eigenvalue weighted by Gasteiger charge is 2.14. The van der Waals surface area contributed by atoms with Gasteiger partial charge in [-0.2, -0.15) is 5.26 Å². The molecule has 2 heterocycles. The van der Waals surface area contributed by atoms with Crippen molar-refractivity contribution < 1.29 is 9.84 Å². The molecule has 0 atom stereocenters. The zero-order valence-corrected chi connectivity index (χ0v) is 13.5. The van der Waals surface area contributed by atoms with Crippen molar-refractivity contribution in [1.82, 2.24) is 19.9 Å². The largest absolute Gasteiger partial charge is 0.507 e. The first kappa shape index (κ1) is 15.6. The Morgan fingerprint density at radius 2 is 1.85 bits per heavy atom. The standard InChI is InChI=1S/C19H13N5O2/c20-9-13(18-23-15-7-3-4-8-16(15)24-18)17(25)10-26-19-12-5-1-2-6-14(12)21-11-22-19/h1-8,11,25H,10H2,(H,23,24). The van der Waals surface area contributed by atoms with Crippen LogP contribution in [0.1, 0.15) is 5.82 Å². The first-order chi connectivity index (χ1) is 12.8. The molecule has 2 N–H and O–H groups in total. The Balaban J connectivity index is 1.64. The van der Waals surface area contributed by atoms with E-state index in [4.69, 9.17) is 4.74 Å². The molecule has 4 rings (SSSR count). The summed E-state index contributed by atoms with van der Waals surface area (Å²) < 4.78 is 5.61. The van der Waals surface area contributed by atoms with Crippen LogP contribution in [0.2, 0.25) is 0 Å². The lowest BCUT2D eigenvalue weighted by atomic mass is 10.2. The second-order valence-electron chi connectivity index (χ2n) is 5.52. The molecule has 26 heavy (non-hydrogen) atoms. The number of rotatable bonds is 4. The molecule has 2 aromatic heterocycles. The first-order valence-corrected chi connectivity index (χ1v) is 7.86. The maximum atomic E-state index is 10.3. The number of imidazole rings is 1. The number of para-hydroxylation sites is 3. The Morgan fingerprint density at radius 1 is 1.08 bits per heavy atom. The maximum absolute atomic E-state index is 10.3. The van der Waals surface area contributed by atoms with Crippen LogP contribution in [-0.2, 0) is 0 Å². The van der Waals surface area contributed by atoms with Gasteiger partial charge in [0, 0.05) is 0 Å². The van der Waals surface area contributed by atoms with E-state index >= 15 is 0 Å². The van der Waals surface area contributed by atoms with Crippen LogP contribution in [0.3, 0.4) is 0 Å². The molecular formula is C19H13N5O2. The average Bonchev–Trinajstić information content (AvgIpc) is 3.10. The molecule has 0 amide bonds. The molecule has 2 aromatic carbocycles. The first-order valence-electron chi connectivity index (χ1n) is 7.86. The minimum absolute atomic E-state index is 0.0274. The Kier molecular flexibility index (Phi) is 3.92. The molecule has 0 fully saturated rings. The third-order valence-electron chi connectivity index (χ3n) is 3.88. The number of hydrogen-bond donors (Lipinski definition) is 2. The quantitative estimate of drug-likeness (QED) is 0.434. The lowest BCUT2D eigenvalue weighted by Crippen LogP contribution is -2.05. The van der Waals surface area contributed by atoms with Crippen molar-refractivity contribution in [3.8, 4) is 11.9 Å². The van der Waals surface area contributed by atoms with E-state index in [-0.39, 0.29) is 17.9 Å². The fourth-order valence-electron chi connectivity index (χ4n) is 2.63. The lowest BCUT2D eigenvalue weighted by molar-refractivity contribution is 0.267. The average molecular weight is 343 g/mol. The van der Waals surface area contributed by atoms with Gasteiger partial charge in [0.2, 0.25) is 5.88 Å². The summed E-state index contributed by atoms with van der Waals surface area (Å²) in [5, 5.41) is 20.5. The van der Waals surface area contributed by atoms with Crippen molar-refractivity contribution in [1.29, 1.82) is 5.26 Å². The second kappa shape index (κ2) is 6.53. The molecule has 0 saturated heterocycles. The summed E-state index contributed by atoms with van der Waals surface area (Å²) in [6.07, 6.45) is 1.39. The van der Waals surface area contributed by atoms with Crippen molar-refractivity contribution in [2.45, 2.75) is 0 Å². The number of aliphatic hydroxyl groups excluding tert-OH is 1. The molecule has 0 radical (unpaired) electrons. The predicted octanol–water partition coefficient (Wildman–Crippen LogP) is 3.38. The Bertz CT molecular complexity index is 1130. The van der Waals surface area contributed by atoms with Gasteiger partial charge in [0.25, 0.3) is 0 Å². The molecule has 7 nitrogen and oxygen atoms in total. The summed E-state index contributed by atoms with van der Waals surface area (Å²) in [6.45, 7) is -0.207. The summed E-state index contributed by atoms with van der Waals surface area (Å²) in [5.41, 5.74) is 2.26. The normalized spacial score (nSPS) is 12.0. The summed E-state index contributed by atoms with van der Waals surface area (Å²) >= 11 is 0. The number of nitrogens with zero attached hydrogens (tertiary/aromatic N) is 4. The molecule has 0 aliphatic heterocycles. The van der Waals surface area contributed by atoms with E-state index < -0.39 is 0 Å². The van der Waals surface area contributed by atoms with Crippen molar-refractivity contribution in [3.05, 3.63) is 66.4 Å². The molecular weight excluding hydrogens is 330 g/mol. The van der Waals surface area contributed by atoms with E-state index in [0.717, 1.165) is 16.4 Å². The fraction of sp³-hybridized carbons (Fsp3) is 0.0526. The van der Waals surface area contributed by atoms with Gasteiger partial charge < -0.3 is 14.8 Å². The number of aliphatic hydroxyl groups is 1. The number of nitrogens with one attached hydrogen (secondary N) is 1. The SMILES string of the molecule is N#CC(=C(O)COc1ncnc2ccccc12)c1nc2ccccc2[nH]1. The number of aromatic amines is 1. The van der Waals surface area contributed by atoms with Gasteiger partial charge >= 0.3 is 0 Å². The third kappa shape index (κ3) is 2.80. The smallest absolute Gasteiger partial charge is 0.224 e. The summed E-state index contributed by atoms with van der Waals surface area (Å²) in [6, 6.07) is 16.8. The minimum Gasteiger partial charge on any atom is -0.507 e. The fourth-order valence-corrected chi connectivity index (χ4v) is 2.63. The van der Waals surface area contributed by atoms with Gasteiger partial charge in [-0.05, 0) is 24.3 Å². The van der Waals surface area contributed by atoms with E-state index in [1.165, 1.54) is 6.33 Å². The maximum Gasteiger partial charge on any atom is 0.224 e. The monoisotopic (exact) mass is 343 g/mol. The number of benzene rings is 2. The summed E-state index contributed by atoms with van der Waals surface area (Å²) in [7, 11) is 0. The van der Waals surface area contributed by atoms with Gasteiger partial charge in [0.1, 0.15) is 24.6 Å². The van der Waals surface area contributed by atoms with E-state index in [2.05, 4.69) is 19.9 Å². The van der Waals surface area contributed by atoms with E-state index in [9.17, 15) is 10.4 Å². The molecule has 0 aliphatic carbocycles. The third-order valence-corrected chi connectivity index (χ3v) is 3.88. The van der Waals surface area contributed by atoms with Crippen molar-refractivity contribution in [3.63, 3.8) is 0 Å². The topological polar surface area (TPSA) is 108 Å². The molecule has 0 saturated carbocycles. The number of allylic oxidation sites excluding steroid dienone is 1. The van der Waals surface area contributed by atoms with Crippen LogP contribution in [-0.4, -0.2) is 31.6 Å².